The fraction of sp³-hybridized carbons (Fsp3) is 0.412. The second-order valence-corrected chi connectivity index (χ2v) is 5.97. The molecule has 1 atom stereocenters. The maximum Gasteiger partial charge on any atom is 0.271 e. The molecule has 1 N–H and O–H groups in total. The summed E-state index contributed by atoms with van der Waals surface area (Å²) in [6.07, 6.45) is 4.46. The molecular formula is C17H19F2N3O. The normalized spacial score (nSPS) is 18.2. The molecule has 122 valence electrons. The first-order valence-electron chi connectivity index (χ1n) is 7.86. The Morgan fingerprint density at radius 1 is 1.30 bits per heavy atom. The fourth-order valence-corrected chi connectivity index (χ4v) is 3.15. The van der Waals surface area contributed by atoms with Crippen LogP contribution in [0.5, 0.6) is 0 Å². The summed E-state index contributed by atoms with van der Waals surface area (Å²) in [5.74, 6) is -0.795. The second-order valence-electron chi connectivity index (χ2n) is 5.97. The van der Waals surface area contributed by atoms with Gasteiger partial charge < -0.3 is 4.90 Å². The number of likely N-dealkylation sites (tertiary alicyclic amines) is 1. The van der Waals surface area contributed by atoms with Gasteiger partial charge in [0.1, 0.15) is 17.3 Å². The number of rotatable bonds is 4. The molecule has 0 radical (unpaired) electrons. The molecule has 3 rings (SSSR count). The van der Waals surface area contributed by atoms with Gasteiger partial charge in [-0.05, 0) is 49.8 Å². The number of hydrogen-bond acceptors (Lipinski definition) is 2. The van der Waals surface area contributed by atoms with E-state index in [1.165, 1.54) is 18.2 Å². The lowest BCUT2D eigenvalue weighted by molar-refractivity contribution is 0.0662. The van der Waals surface area contributed by atoms with Gasteiger partial charge in [-0.15, -0.1) is 0 Å². The molecule has 0 spiro atoms. The van der Waals surface area contributed by atoms with Crippen molar-refractivity contribution in [2.75, 3.05) is 13.1 Å². The van der Waals surface area contributed by atoms with E-state index in [4.69, 9.17) is 0 Å². The van der Waals surface area contributed by atoms with Gasteiger partial charge in [-0.2, -0.15) is 5.10 Å². The summed E-state index contributed by atoms with van der Waals surface area (Å²) in [4.78, 5) is 14.1. The zero-order valence-electron chi connectivity index (χ0n) is 12.8. The molecule has 0 aliphatic carbocycles. The van der Waals surface area contributed by atoms with E-state index in [0.29, 0.717) is 31.6 Å². The Labute approximate surface area is 133 Å². The molecule has 1 aromatic heterocycles. The summed E-state index contributed by atoms with van der Waals surface area (Å²) in [6.45, 7) is 1.33. The van der Waals surface area contributed by atoms with Gasteiger partial charge in [0.05, 0.1) is 0 Å². The van der Waals surface area contributed by atoms with Crippen molar-refractivity contribution in [2.45, 2.75) is 25.7 Å². The zero-order valence-corrected chi connectivity index (χ0v) is 12.8. The number of amides is 1. The highest BCUT2D eigenvalue weighted by atomic mass is 19.1. The minimum atomic E-state index is -0.494. The highest BCUT2D eigenvalue weighted by molar-refractivity contribution is 5.92. The van der Waals surface area contributed by atoms with E-state index in [1.54, 1.807) is 17.2 Å². The van der Waals surface area contributed by atoms with Gasteiger partial charge in [0.25, 0.3) is 5.91 Å². The Hall–Kier alpha value is -2.24. The SMILES string of the molecule is O=C(c1ccn[nH]1)N1CCC[C@H](CCc2c(F)cccc2F)C1. The van der Waals surface area contributed by atoms with E-state index < -0.39 is 11.6 Å². The molecule has 2 heterocycles. The van der Waals surface area contributed by atoms with Crippen LogP contribution in [0.3, 0.4) is 0 Å². The average Bonchev–Trinajstić information content (AvgIpc) is 3.08. The molecule has 1 amide bonds. The van der Waals surface area contributed by atoms with Crippen molar-refractivity contribution in [3.63, 3.8) is 0 Å². The third-order valence-corrected chi connectivity index (χ3v) is 4.40. The number of nitrogens with one attached hydrogen (secondary N) is 1. The topological polar surface area (TPSA) is 49.0 Å². The minimum absolute atomic E-state index is 0.0655. The summed E-state index contributed by atoms with van der Waals surface area (Å²) >= 11 is 0. The standard InChI is InChI=1S/C17H19F2N3O/c18-14-4-1-5-15(19)13(14)7-6-12-3-2-10-22(11-12)17(23)16-8-9-20-21-16/h1,4-5,8-9,12H,2-3,6-7,10-11H2,(H,20,21)/t12-/m1/s1. The van der Waals surface area contributed by atoms with Gasteiger partial charge in [-0.1, -0.05) is 6.07 Å². The molecule has 1 fully saturated rings. The summed E-state index contributed by atoms with van der Waals surface area (Å²) in [7, 11) is 0. The van der Waals surface area contributed by atoms with Crippen molar-refractivity contribution in [3.8, 4) is 0 Å². The van der Waals surface area contributed by atoms with Crippen LogP contribution in [-0.4, -0.2) is 34.1 Å². The van der Waals surface area contributed by atoms with Crippen molar-refractivity contribution in [1.82, 2.24) is 15.1 Å². The minimum Gasteiger partial charge on any atom is -0.337 e. The number of carbonyl (C=O) groups excluding carboxylic acids is 1. The molecule has 1 aromatic carbocycles. The van der Waals surface area contributed by atoms with Gasteiger partial charge in [-0.25, -0.2) is 8.78 Å². The van der Waals surface area contributed by atoms with Crippen LogP contribution in [0.25, 0.3) is 0 Å². The predicted molar refractivity (Wildman–Crippen MR) is 81.9 cm³/mol. The lowest BCUT2D eigenvalue weighted by atomic mass is 9.91. The molecule has 0 bridgehead atoms. The highest BCUT2D eigenvalue weighted by Gasteiger charge is 2.25. The molecule has 1 aliphatic heterocycles. The monoisotopic (exact) mass is 319 g/mol. The largest absolute Gasteiger partial charge is 0.337 e. The molecule has 2 aromatic rings. The molecular weight excluding hydrogens is 300 g/mol. The Kier molecular flexibility index (Phi) is 4.69. The predicted octanol–water partition coefficient (Wildman–Crippen LogP) is 3.17. The zero-order chi connectivity index (χ0) is 16.2. The van der Waals surface area contributed by atoms with E-state index >= 15 is 0 Å². The van der Waals surface area contributed by atoms with Gasteiger partial charge >= 0.3 is 0 Å². The number of carbonyl (C=O) groups is 1. The van der Waals surface area contributed by atoms with Crippen molar-refractivity contribution in [3.05, 3.63) is 53.4 Å². The molecule has 23 heavy (non-hydrogen) atoms. The molecule has 6 heteroatoms. The fourth-order valence-electron chi connectivity index (χ4n) is 3.15. The lowest BCUT2D eigenvalue weighted by Crippen LogP contribution is -2.40. The lowest BCUT2D eigenvalue weighted by Gasteiger charge is -2.32. The molecule has 0 unspecified atom stereocenters. The molecule has 1 saturated heterocycles. The first kappa shape index (κ1) is 15.6. The van der Waals surface area contributed by atoms with Gasteiger partial charge in [-0.3, -0.25) is 9.89 Å². The summed E-state index contributed by atoms with van der Waals surface area (Å²) < 4.78 is 27.4. The van der Waals surface area contributed by atoms with Crippen LogP contribution in [0, 0.1) is 17.6 Å². The number of hydrogen-bond donors (Lipinski definition) is 1. The number of nitrogens with zero attached hydrogens (tertiary/aromatic N) is 2. The number of halogens is 2. The van der Waals surface area contributed by atoms with Crippen LogP contribution in [0.15, 0.2) is 30.5 Å². The number of piperidine rings is 1. The summed E-state index contributed by atoms with van der Waals surface area (Å²) in [5.41, 5.74) is 0.621. The van der Waals surface area contributed by atoms with Crippen LogP contribution in [0.1, 0.15) is 35.3 Å². The van der Waals surface area contributed by atoms with Crippen LogP contribution < -0.4 is 0 Å². The van der Waals surface area contributed by atoms with Crippen molar-refractivity contribution < 1.29 is 13.6 Å². The number of H-pyrrole nitrogens is 1. The molecule has 1 aliphatic rings. The third-order valence-electron chi connectivity index (χ3n) is 4.40. The maximum atomic E-state index is 13.7. The van der Waals surface area contributed by atoms with E-state index in [-0.39, 0.29) is 17.4 Å². The first-order valence-corrected chi connectivity index (χ1v) is 7.86. The summed E-state index contributed by atoms with van der Waals surface area (Å²) in [6, 6.07) is 5.60. The number of aromatic amines is 1. The Morgan fingerprint density at radius 3 is 2.78 bits per heavy atom. The number of benzene rings is 1. The van der Waals surface area contributed by atoms with E-state index in [2.05, 4.69) is 10.2 Å². The van der Waals surface area contributed by atoms with Gasteiger partial charge in [0, 0.05) is 24.8 Å². The van der Waals surface area contributed by atoms with Crippen LogP contribution >= 0.6 is 0 Å². The summed E-state index contributed by atoms with van der Waals surface area (Å²) in [5, 5.41) is 6.48. The van der Waals surface area contributed by atoms with Crippen LogP contribution in [0.2, 0.25) is 0 Å². The Morgan fingerprint density at radius 2 is 2.09 bits per heavy atom. The molecule has 4 nitrogen and oxygen atoms in total. The van der Waals surface area contributed by atoms with Crippen LogP contribution in [0.4, 0.5) is 8.78 Å². The first-order chi connectivity index (χ1) is 11.1. The van der Waals surface area contributed by atoms with Gasteiger partial charge in [0.2, 0.25) is 0 Å². The highest BCUT2D eigenvalue weighted by Crippen LogP contribution is 2.24. The van der Waals surface area contributed by atoms with Crippen molar-refractivity contribution in [2.24, 2.45) is 5.92 Å². The average molecular weight is 319 g/mol. The number of aromatic nitrogens is 2. The van der Waals surface area contributed by atoms with E-state index in [0.717, 1.165) is 12.8 Å². The smallest absolute Gasteiger partial charge is 0.271 e. The Bertz CT molecular complexity index is 652. The van der Waals surface area contributed by atoms with Crippen LogP contribution in [-0.2, 0) is 6.42 Å². The Balaban J connectivity index is 1.60. The van der Waals surface area contributed by atoms with Gasteiger partial charge in [0.15, 0.2) is 0 Å². The quantitative estimate of drug-likeness (QED) is 0.941. The van der Waals surface area contributed by atoms with Crippen molar-refractivity contribution >= 4 is 5.91 Å². The second kappa shape index (κ2) is 6.89. The maximum absolute atomic E-state index is 13.7. The van der Waals surface area contributed by atoms with Crippen molar-refractivity contribution in [1.29, 1.82) is 0 Å². The van der Waals surface area contributed by atoms with E-state index in [1.807, 2.05) is 0 Å². The molecule has 0 saturated carbocycles. The van der Waals surface area contributed by atoms with E-state index in [9.17, 15) is 13.6 Å². The third kappa shape index (κ3) is 3.57.